The van der Waals surface area contributed by atoms with Crippen LogP contribution < -0.4 is 10.0 Å². The van der Waals surface area contributed by atoms with Crippen LogP contribution in [0, 0.1) is 10.1 Å². The van der Waals surface area contributed by atoms with Gasteiger partial charge < -0.3 is 5.32 Å². The molecule has 8 nitrogen and oxygen atoms in total. The highest BCUT2D eigenvalue weighted by Crippen LogP contribution is 2.27. The van der Waals surface area contributed by atoms with E-state index in [4.69, 9.17) is 23.2 Å². The van der Waals surface area contributed by atoms with Crippen LogP contribution in [0.3, 0.4) is 0 Å². The molecule has 0 heterocycles. The maximum absolute atomic E-state index is 12.7. The summed E-state index contributed by atoms with van der Waals surface area (Å²) in [6.45, 7) is 0. The number of benzene rings is 3. The van der Waals surface area contributed by atoms with E-state index in [2.05, 4.69) is 10.0 Å². The average Bonchev–Trinajstić information content (AvgIpc) is 2.70. The molecule has 0 aliphatic carbocycles. The van der Waals surface area contributed by atoms with Crippen LogP contribution in [0.15, 0.2) is 71.6 Å². The van der Waals surface area contributed by atoms with Gasteiger partial charge in [-0.25, -0.2) is 8.42 Å². The molecule has 154 valence electrons. The molecule has 0 bridgehead atoms. The first-order valence-electron chi connectivity index (χ1n) is 8.30. The van der Waals surface area contributed by atoms with Gasteiger partial charge in [-0.3, -0.25) is 19.6 Å². The Balaban J connectivity index is 1.90. The fourth-order valence-corrected chi connectivity index (χ4v) is 4.22. The lowest BCUT2D eigenvalue weighted by Gasteiger charge is -2.11. The zero-order valence-corrected chi connectivity index (χ0v) is 17.3. The van der Waals surface area contributed by atoms with E-state index in [1.54, 1.807) is 0 Å². The third-order valence-corrected chi connectivity index (χ3v) is 6.04. The molecule has 0 radical (unpaired) electrons. The molecule has 0 spiro atoms. The first-order valence-corrected chi connectivity index (χ1v) is 10.5. The lowest BCUT2D eigenvalue weighted by atomic mass is 10.2. The number of nitro benzene ring substituents is 1. The second kappa shape index (κ2) is 8.70. The van der Waals surface area contributed by atoms with Crippen LogP contribution in [0.2, 0.25) is 10.0 Å². The Kier molecular flexibility index (Phi) is 6.25. The Labute approximate surface area is 181 Å². The SMILES string of the molecule is O=C(Nc1ccccc1[N+](=O)[O-])c1ccc(Cl)c(S(=O)(=O)Nc2ccc(Cl)cc2)c1. The number of nitrogens with one attached hydrogen (secondary N) is 2. The normalized spacial score (nSPS) is 11.0. The third kappa shape index (κ3) is 4.88. The highest BCUT2D eigenvalue weighted by Gasteiger charge is 2.22. The molecular formula is C19H13Cl2N3O5S. The predicted molar refractivity (Wildman–Crippen MR) is 115 cm³/mol. The fraction of sp³-hybridized carbons (Fsp3) is 0. The maximum Gasteiger partial charge on any atom is 0.292 e. The number of carbonyl (C=O) groups is 1. The summed E-state index contributed by atoms with van der Waals surface area (Å²) in [6.07, 6.45) is 0. The quantitative estimate of drug-likeness (QED) is 0.394. The number of rotatable bonds is 6. The van der Waals surface area contributed by atoms with Crippen LogP contribution in [-0.2, 0) is 10.0 Å². The summed E-state index contributed by atoms with van der Waals surface area (Å²) in [5.41, 5.74) is -0.109. The Morgan fingerprint density at radius 1 is 0.967 bits per heavy atom. The van der Waals surface area contributed by atoms with Crippen molar-refractivity contribution in [1.82, 2.24) is 0 Å². The average molecular weight is 466 g/mol. The van der Waals surface area contributed by atoms with Crippen LogP contribution >= 0.6 is 23.2 Å². The number of hydrogen-bond acceptors (Lipinski definition) is 5. The zero-order valence-electron chi connectivity index (χ0n) is 15.0. The number of para-hydroxylation sites is 2. The third-order valence-electron chi connectivity index (χ3n) is 3.93. The van der Waals surface area contributed by atoms with Gasteiger partial charge in [0.15, 0.2) is 0 Å². The molecule has 0 saturated carbocycles. The topological polar surface area (TPSA) is 118 Å². The van der Waals surface area contributed by atoms with Crippen molar-refractivity contribution >= 4 is 56.2 Å². The number of anilines is 2. The second-order valence-corrected chi connectivity index (χ2v) is 8.48. The largest absolute Gasteiger partial charge is 0.316 e. The molecule has 0 aliphatic heterocycles. The number of nitrogens with zero attached hydrogens (tertiary/aromatic N) is 1. The van der Waals surface area contributed by atoms with Crippen molar-refractivity contribution in [1.29, 1.82) is 0 Å². The highest BCUT2D eigenvalue weighted by molar-refractivity contribution is 7.92. The maximum atomic E-state index is 12.7. The minimum Gasteiger partial charge on any atom is -0.316 e. The van der Waals surface area contributed by atoms with E-state index in [0.717, 1.165) is 6.07 Å². The summed E-state index contributed by atoms with van der Waals surface area (Å²) in [4.78, 5) is 22.7. The Morgan fingerprint density at radius 2 is 1.63 bits per heavy atom. The first-order chi connectivity index (χ1) is 14.2. The first kappa shape index (κ1) is 21.6. The predicted octanol–water partition coefficient (Wildman–Crippen LogP) is 4.95. The Hall–Kier alpha value is -3.14. The summed E-state index contributed by atoms with van der Waals surface area (Å²) in [6, 6.07) is 15.2. The van der Waals surface area contributed by atoms with Gasteiger partial charge in [0.05, 0.1) is 9.95 Å². The van der Waals surface area contributed by atoms with Gasteiger partial charge >= 0.3 is 0 Å². The van der Waals surface area contributed by atoms with Gasteiger partial charge in [-0.05, 0) is 48.5 Å². The van der Waals surface area contributed by atoms with Gasteiger partial charge in [-0.15, -0.1) is 0 Å². The lowest BCUT2D eigenvalue weighted by molar-refractivity contribution is -0.383. The molecule has 2 N–H and O–H groups in total. The van der Waals surface area contributed by atoms with Crippen molar-refractivity contribution in [2.24, 2.45) is 0 Å². The van der Waals surface area contributed by atoms with Gasteiger partial charge in [-0.2, -0.15) is 0 Å². The molecule has 3 aromatic rings. The van der Waals surface area contributed by atoms with E-state index in [1.807, 2.05) is 0 Å². The molecule has 0 aromatic heterocycles. The summed E-state index contributed by atoms with van der Waals surface area (Å²) in [7, 11) is -4.12. The standard InChI is InChI=1S/C19H13Cl2N3O5S/c20-13-6-8-14(9-7-13)23-30(28,29)18-11-12(5-10-15(18)21)19(25)22-16-3-1-2-4-17(16)24(26)27/h1-11,23H,(H,22,25). The van der Waals surface area contributed by atoms with Gasteiger partial charge in [0.25, 0.3) is 21.6 Å². The van der Waals surface area contributed by atoms with E-state index in [1.165, 1.54) is 60.7 Å². The number of sulfonamides is 1. The van der Waals surface area contributed by atoms with Crippen molar-refractivity contribution in [2.45, 2.75) is 4.90 Å². The van der Waals surface area contributed by atoms with Gasteiger partial charge in [0.1, 0.15) is 10.6 Å². The van der Waals surface area contributed by atoms with Crippen LogP contribution in [0.5, 0.6) is 0 Å². The van der Waals surface area contributed by atoms with Crippen molar-refractivity contribution in [3.8, 4) is 0 Å². The van der Waals surface area contributed by atoms with Crippen molar-refractivity contribution in [3.05, 3.63) is 92.5 Å². The van der Waals surface area contributed by atoms with Gasteiger partial charge in [-0.1, -0.05) is 35.3 Å². The monoisotopic (exact) mass is 465 g/mol. The summed E-state index contributed by atoms with van der Waals surface area (Å²) in [5, 5.41) is 13.9. The van der Waals surface area contributed by atoms with Crippen LogP contribution in [0.1, 0.15) is 10.4 Å². The molecule has 0 unspecified atom stereocenters. The minimum absolute atomic E-state index is 0.0221. The molecule has 0 aliphatic rings. The Morgan fingerprint density at radius 3 is 2.30 bits per heavy atom. The fourth-order valence-electron chi connectivity index (χ4n) is 2.51. The van der Waals surface area contributed by atoms with E-state index in [9.17, 15) is 23.3 Å². The van der Waals surface area contributed by atoms with E-state index in [-0.39, 0.29) is 32.5 Å². The van der Waals surface area contributed by atoms with Crippen molar-refractivity contribution in [3.63, 3.8) is 0 Å². The van der Waals surface area contributed by atoms with Crippen LogP contribution in [0.25, 0.3) is 0 Å². The number of carbonyl (C=O) groups excluding carboxylic acids is 1. The number of nitro groups is 1. The van der Waals surface area contributed by atoms with Gasteiger partial charge in [0.2, 0.25) is 0 Å². The molecule has 0 atom stereocenters. The molecule has 1 amide bonds. The van der Waals surface area contributed by atoms with E-state index in [0.29, 0.717) is 5.02 Å². The molecule has 3 aromatic carbocycles. The molecule has 3 rings (SSSR count). The van der Waals surface area contributed by atoms with Crippen molar-refractivity contribution < 1.29 is 18.1 Å². The van der Waals surface area contributed by atoms with Crippen molar-refractivity contribution in [2.75, 3.05) is 10.0 Å². The lowest BCUT2D eigenvalue weighted by Crippen LogP contribution is -2.17. The van der Waals surface area contributed by atoms with Crippen LogP contribution in [0.4, 0.5) is 17.1 Å². The second-order valence-electron chi connectivity index (χ2n) is 5.99. The van der Waals surface area contributed by atoms with E-state index >= 15 is 0 Å². The summed E-state index contributed by atoms with van der Waals surface area (Å²) < 4.78 is 27.8. The molecule has 0 fully saturated rings. The zero-order chi connectivity index (χ0) is 21.9. The number of hydrogen-bond donors (Lipinski definition) is 2. The minimum atomic E-state index is -4.12. The van der Waals surface area contributed by atoms with Crippen LogP contribution in [-0.4, -0.2) is 19.2 Å². The molecular weight excluding hydrogens is 453 g/mol. The Bertz CT molecular complexity index is 1230. The molecule has 0 saturated heterocycles. The molecule has 30 heavy (non-hydrogen) atoms. The number of halogens is 2. The molecule has 11 heteroatoms. The van der Waals surface area contributed by atoms with E-state index < -0.39 is 20.9 Å². The number of amides is 1. The highest BCUT2D eigenvalue weighted by atomic mass is 35.5. The smallest absolute Gasteiger partial charge is 0.292 e. The summed E-state index contributed by atoms with van der Waals surface area (Å²) in [5.74, 6) is -0.732. The van der Waals surface area contributed by atoms with Gasteiger partial charge in [0, 0.05) is 22.3 Å². The summed E-state index contributed by atoms with van der Waals surface area (Å²) >= 11 is 11.8.